The number of nitrogens with one attached hydrogen (secondary N) is 2. The van der Waals surface area contributed by atoms with Gasteiger partial charge >= 0.3 is 11.8 Å². The molecule has 0 fully saturated rings. The molecule has 0 radical (unpaired) electrons. The third-order valence-electron chi connectivity index (χ3n) is 3.74. The van der Waals surface area contributed by atoms with Crippen LogP contribution in [0.15, 0.2) is 42.5 Å². The number of hydrogen-bond donors (Lipinski definition) is 2. The highest BCUT2D eigenvalue weighted by molar-refractivity contribution is 6.39. The van der Waals surface area contributed by atoms with Crippen LogP contribution in [-0.2, 0) is 16.1 Å². The summed E-state index contributed by atoms with van der Waals surface area (Å²) in [6.07, 6.45) is 0. The van der Waals surface area contributed by atoms with E-state index in [4.69, 9.17) is 0 Å². The van der Waals surface area contributed by atoms with E-state index in [1.807, 2.05) is 24.3 Å². The van der Waals surface area contributed by atoms with E-state index in [1.54, 1.807) is 19.1 Å². The van der Waals surface area contributed by atoms with Gasteiger partial charge in [0.1, 0.15) is 5.82 Å². The predicted octanol–water partition coefficient (Wildman–Crippen LogP) is 3.51. The molecular formula is C19H21FN2O2. The van der Waals surface area contributed by atoms with Crippen molar-refractivity contribution in [2.75, 3.05) is 5.32 Å². The summed E-state index contributed by atoms with van der Waals surface area (Å²) in [7, 11) is 0. The molecule has 0 aliphatic heterocycles. The average molecular weight is 328 g/mol. The fraction of sp³-hybridized carbons (Fsp3) is 0.263. The second-order valence-electron chi connectivity index (χ2n) is 6.00. The summed E-state index contributed by atoms with van der Waals surface area (Å²) in [5, 5.41) is 4.93. The number of carbonyl (C=O) groups is 2. The summed E-state index contributed by atoms with van der Waals surface area (Å²) < 4.78 is 13.4. The van der Waals surface area contributed by atoms with E-state index < -0.39 is 17.6 Å². The van der Waals surface area contributed by atoms with Crippen molar-refractivity contribution in [2.24, 2.45) is 0 Å². The molecule has 0 aliphatic rings. The SMILES string of the molecule is Cc1ccc(NC(=O)C(=O)NCc2ccc(C(C)C)cc2)cc1F. The molecule has 0 aromatic heterocycles. The van der Waals surface area contributed by atoms with E-state index >= 15 is 0 Å². The van der Waals surface area contributed by atoms with Gasteiger partial charge in [0.05, 0.1) is 0 Å². The molecule has 0 unspecified atom stereocenters. The molecule has 0 aliphatic carbocycles. The highest BCUT2D eigenvalue weighted by Gasteiger charge is 2.14. The van der Waals surface area contributed by atoms with Gasteiger partial charge in [-0.25, -0.2) is 4.39 Å². The zero-order chi connectivity index (χ0) is 17.7. The Balaban J connectivity index is 1.89. The maximum Gasteiger partial charge on any atom is 0.313 e. The zero-order valence-electron chi connectivity index (χ0n) is 14.0. The van der Waals surface area contributed by atoms with Gasteiger partial charge in [0.25, 0.3) is 0 Å². The van der Waals surface area contributed by atoms with Gasteiger partial charge in [0, 0.05) is 12.2 Å². The van der Waals surface area contributed by atoms with Gasteiger partial charge in [-0.05, 0) is 41.7 Å². The molecule has 0 spiro atoms. The van der Waals surface area contributed by atoms with Crippen molar-refractivity contribution in [1.82, 2.24) is 5.32 Å². The maximum absolute atomic E-state index is 13.4. The van der Waals surface area contributed by atoms with Crippen LogP contribution < -0.4 is 10.6 Å². The summed E-state index contributed by atoms with van der Waals surface area (Å²) >= 11 is 0. The van der Waals surface area contributed by atoms with Crippen LogP contribution in [0.3, 0.4) is 0 Å². The first-order valence-corrected chi connectivity index (χ1v) is 7.81. The Hall–Kier alpha value is -2.69. The van der Waals surface area contributed by atoms with Crippen molar-refractivity contribution in [3.8, 4) is 0 Å². The Morgan fingerprint density at radius 2 is 1.71 bits per heavy atom. The summed E-state index contributed by atoms with van der Waals surface area (Å²) in [5.41, 5.74) is 2.84. The minimum atomic E-state index is -0.822. The third-order valence-corrected chi connectivity index (χ3v) is 3.74. The molecule has 2 aromatic rings. The van der Waals surface area contributed by atoms with Crippen molar-refractivity contribution in [3.63, 3.8) is 0 Å². The average Bonchev–Trinajstić information content (AvgIpc) is 2.56. The first-order chi connectivity index (χ1) is 11.4. The molecule has 0 atom stereocenters. The van der Waals surface area contributed by atoms with Crippen molar-refractivity contribution >= 4 is 17.5 Å². The van der Waals surface area contributed by atoms with Gasteiger partial charge in [-0.3, -0.25) is 9.59 Å². The van der Waals surface area contributed by atoms with Crippen LogP contribution in [0.2, 0.25) is 0 Å². The lowest BCUT2D eigenvalue weighted by Gasteiger charge is -2.09. The van der Waals surface area contributed by atoms with E-state index in [1.165, 1.54) is 11.6 Å². The highest BCUT2D eigenvalue weighted by atomic mass is 19.1. The van der Waals surface area contributed by atoms with Gasteiger partial charge in [-0.2, -0.15) is 0 Å². The van der Waals surface area contributed by atoms with Crippen molar-refractivity contribution in [1.29, 1.82) is 0 Å². The molecule has 2 N–H and O–H groups in total. The lowest BCUT2D eigenvalue weighted by atomic mass is 10.0. The number of amides is 2. The van der Waals surface area contributed by atoms with E-state index in [9.17, 15) is 14.0 Å². The second-order valence-corrected chi connectivity index (χ2v) is 6.00. The molecule has 0 bridgehead atoms. The van der Waals surface area contributed by atoms with Gasteiger partial charge in [0.2, 0.25) is 0 Å². The van der Waals surface area contributed by atoms with Crippen LogP contribution in [0.25, 0.3) is 0 Å². The minimum absolute atomic E-state index is 0.250. The zero-order valence-corrected chi connectivity index (χ0v) is 14.0. The summed E-state index contributed by atoms with van der Waals surface area (Å²) in [6.45, 7) is 6.09. The molecule has 5 heteroatoms. The summed E-state index contributed by atoms with van der Waals surface area (Å²) in [6, 6.07) is 12.1. The molecule has 126 valence electrons. The summed E-state index contributed by atoms with van der Waals surface area (Å²) in [4.78, 5) is 23.7. The normalized spacial score (nSPS) is 10.5. The Bertz CT molecular complexity index is 740. The fourth-order valence-electron chi connectivity index (χ4n) is 2.14. The second kappa shape index (κ2) is 7.73. The van der Waals surface area contributed by atoms with E-state index in [2.05, 4.69) is 24.5 Å². The molecule has 24 heavy (non-hydrogen) atoms. The van der Waals surface area contributed by atoms with Crippen LogP contribution in [0.5, 0.6) is 0 Å². The maximum atomic E-state index is 13.4. The Labute approximate surface area is 141 Å². The number of anilines is 1. The van der Waals surface area contributed by atoms with Crippen LogP contribution in [0.1, 0.15) is 36.5 Å². The van der Waals surface area contributed by atoms with Gasteiger partial charge < -0.3 is 10.6 Å². The predicted molar refractivity (Wildman–Crippen MR) is 92.1 cm³/mol. The number of aryl methyl sites for hydroxylation is 1. The smallest absolute Gasteiger partial charge is 0.313 e. The first kappa shape index (κ1) is 17.7. The Morgan fingerprint density at radius 3 is 2.29 bits per heavy atom. The minimum Gasteiger partial charge on any atom is -0.344 e. The van der Waals surface area contributed by atoms with Crippen LogP contribution in [0.4, 0.5) is 10.1 Å². The van der Waals surface area contributed by atoms with E-state index in [-0.39, 0.29) is 12.2 Å². The van der Waals surface area contributed by atoms with Crippen molar-refractivity contribution in [2.45, 2.75) is 33.2 Å². The van der Waals surface area contributed by atoms with Gasteiger partial charge in [-0.15, -0.1) is 0 Å². The number of rotatable bonds is 4. The van der Waals surface area contributed by atoms with Crippen molar-refractivity contribution in [3.05, 3.63) is 65.0 Å². The molecule has 4 nitrogen and oxygen atoms in total. The van der Waals surface area contributed by atoms with Crippen LogP contribution in [-0.4, -0.2) is 11.8 Å². The molecule has 2 aromatic carbocycles. The largest absolute Gasteiger partial charge is 0.344 e. The molecule has 2 rings (SSSR count). The quantitative estimate of drug-likeness (QED) is 0.844. The topological polar surface area (TPSA) is 58.2 Å². The number of benzene rings is 2. The molecule has 0 heterocycles. The standard InChI is InChI=1S/C19H21FN2O2/c1-12(2)15-7-5-14(6-8-15)11-21-18(23)19(24)22-16-9-4-13(3)17(20)10-16/h4-10,12H,11H2,1-3H3,(H,21,23)(H,22,24). The number of hydrogen-bond acceptors (Lipinski definition) is 2. The number of halogens is 1. The monoisotopic (exact) mass is 328 g/mol. The van der Waals surface area contributed by atoms with Crippen LogP contribution >= 0.6 is 0 Å². The fourth-order valence-corrected chi connectivity index (χ4v) is 2.14. The molecule has 0 saturated carbocycles. The Morgan fingerprint density at radius 1 is 1.04 bits per heavy atom. The summed E-state index contributed by atoms with van der Waals surface area (Å²) in [5.74, 6) is -1.58. The highest BCUT2D eigenvalue weighted by Crippen LogP contribution is 2.15. The van der Waals surface area contributed by atoms with E-state index in [0.29, 0.717) is 11.5 Å². The first-order valence-electron chi connectivity index (χ1n) is 7.81. The lowest BCUT2D eigenvalue weighted by molar-refractivity contribution is -0.136. The molecular weight excluding hydrogens is 307 g/mol. The molecule has 0 saturated heterocycles. The third kappa shape index (κ3) is 4.65. The van der Waals surface area contributed by atoms with Gasteiger partial charge in [0.15, 0.2) is 0 Å². The Kier molecular flexibility index (Phi) is 5.68. The molecule has 2 amide bonds. The number of carbonyl (C=O) groups excluding carboxylic acids is 2. The van der Waals surface area contributed by atoms with Gasteiger partial charge in [-0.1, -0.05) is 44.2 Å². The van der Waals surface area contributed by atoms with E-state index in [0.717, 1.165) is 5.56 Å². The van der Waals surface area contributed by atoms with Crippen molar-refractivity contribution < 1.29 is 14.0 Å². The lowest BCUT2D eigenvalue weighted by Crippen LogP contribution is -2.35. The van der Waals surface area contributed by atoms with Crippen LogP contribution in [0, 0.1) is 12.7 Å².